The van der Waals surface area contributed by atoms with Gasteiger partial charge in [0.05, 0.1) is 0 Å². The topological polar surface area (TPSA) is 99.8 Å². The molecular weight excluding hydrogens is 246 g/mol. The molecule has 104 valence electrons. The van der Waals surface area contributed by atoms with E-state index in [1.54, 1.807) is 0 Å². The molecule has 19 heavy (non-hydrogen) atoms. The highest BCUT2D eigenvalue weighted by molar-refractivity contribution is 5.90. The molecule has 0 atom stereocenters. The molecule has 7 nitrogen and oxygen atoms in total. The summed E-state index contributed by atoms with van der Waals surface area (Å²) in [5.41, 5.74) is 0. The van der Waals surface area contributed by atoms with Crippen molar-refractivity contribution in [2.24, 2.45) is 0 Å². The number of H-pyrrole nitrogens is 1. The van der Waals surface area contributed by atoms with Crippen molar-refractivity contribution in [3.63, 3.8) is 0 Å². The summed E-state index contributed by atoms with van der Waals surface area (Å²) in [7, 11) is 0. The summed E-state index contributed by atoms with van der Waals surface area (Å²) in [6.45, 7) is 2.38. The molecule has 0 unspecified atom stereocenters. The van der Waals surface area contributed by atoms with Crippen LogP contribution in [-0.4, -0.2) is 39.6 Å². The van der Waals surface area contributed by atoms with Crippen LogP contribution < -0.4 is 10.6 Å². The third-order valence-corrected chi connectivity index (χ3v) is 2.88. The van der Waals surface area contributed by atoms with E-state index in [-0.39, 0.29) is 17.6 Å². The van der Waals surface area contributed by atoms with Crippen LogP contribution in [0.2, 0.25) is 0 Å². The van der Waals surface area contributed by atoms with Crippen LogP contribution in [0.1, 0.15) is 49.1 Å². The van der Waals surface area contributed by atoms with E-state index in [1.165, 1.54) is 0 Å². The standard InChI is InChI=1S/C12H19N5O2/c1-2-9-15-11(17-16-9)12(19)13-7-3-4-10(18)14-8-5-6-8/h8H,2-7H2,1H3,(H,13,19)(H,14,18)(H,15,16,17). The lowest BCUT2D eigenvalue weighted by atomic mass is 10.3. The number of aromatic amines is 1. The lowest BCUT2D eigenvalue weighted by molar-refractivity contribution is -0.121. The van der Waals surface area contributed by atoms with Crippen LogP contribution in [0.4, 0.5) is 0 Å². The fraction of sp³-hybridized carbons (Fsp3) is 0.667. The first-order valence-electron chi connectivity index (χ1n) is 6.68. The largest absolute Gasteiger partial charge is 0.353 e. The summed E-state index contributed by atoms with van der Waals surface area (Å²) in [6.07, 6.45) is 3.95. The fourth-order valence-corrected chi connectivity index (χ4v) is 1.61. The second-order valence-corrected chi connectivity index (χ2v) is 4.66. The van der Waals surface area contributed by atoms with E-state index in [0.717, 1.165) is 12.8 Å². The summed E-state index contributed by atoms with van der Waals surface area (Å²) in [5, 5.41) is 12.1. The highest BCUT2D eigenvalue weighted by atomic mass is 16.2. The molecular formula is C12H19N5O2. The van der Waals surface area contributed by atoms with E-state index in [4.69, 9.17) is 0 Å². The highest BCUT2D eigenvalue weighted by Crippen LogP contribution is 2.18. The normalized spacial score (nSPS) is 14.2. The van der Waals surface area contributed by atoms with Gasteiger partial charge in [-0.3, -0.25) is 14.7 Å². The molecule has 0 saturated heterocycles. The zero-order valence-corrected chi connectivity index (χ0v) is 11.0. The smallest absolute Gasteiger partial charge is 0.290 e. The first-order chi connectivity index (χ1) is 9.19. The maximum absolute atomic E-state index is 11.6. The molecule has 1 fully saturated rings. The third kappa shape index (κ3) is 4.35. The molecule has 1 heterocycles. The first-order valence-corrected chi connectivity index (χ1v) is 6.68. The molecule has 1 aromatic heterocycles. The SMILES string of the molecule is CCc1nc(C(=O)NCCCC(=O)NC2CC2)n[nH]1. The van der Waals surface area contributed by atoms with Gasteiger partial charge in [-0.25, -0.2) is 4.98 Å². The van der Waals surface area contributed by atoms with Gasteiger partial charge in [-0.2, -0.15) is 0 Å². The van der Waals surface area contributed by atoms with Crippen molar-refractivity contribution in [2.45, 2.75) is 45.1 Å². The maximum atomic E-state index is 11.6. The van der Waals surface area contributed by atoms with Crippen molar-refractivity contribution in [3.05, 3.63) is 11.6 Å². The molecule has 7 heteroatoms. The number of aromatic nitrogens is 3. The number of hydrogen-bond acceptors (Lipinski definition) is 4. The van der Waals surface area contributed by atoms with Gasteiger partial charge < -0.3 is 10.6 Å². The predicted octanol–water partition coefficient (Wildman–Crippen LogP) is 0.156. The Bertz CT molecular complexity index is 453. The summed E-state index contributed by atoms with van der Waals surface area (Å²) in [5.74, 6) is 0.592. The molecule has 1 aromatic rings. The van der Waals surface area contributed by atoms with Gasteiger partial charge in [-0.1, -0.05) is 6.92 Å². The van der Waals surface area contributed by atoms with Crippen molar-refractivity contribution in [2.75, 3.05) is 6.54 Å². The Morgan fingerprint density at radius 1 is 1.42 bits per heavy atom. The summed E-state index contributed by atoms with van der Waals surface area (Å²) in [4.78, 5) is 27.1. The molecule has 0 aliphatic heterocycles. The summed E-state index contributed by atoms with van der Waals surface area (Å²) >= 11 is 0. The van der Waals surface area contributed by atoms with Gasteiger partial charge in [0.2, 0.25) is 11.7 Å². The Kier molecular flexibility index (Phi) is 4.48. The van der Waals surface area contributed by atoms with Crippen LogP contribution in [0, 0.1) is 0 Å². The van der Waals surface area contributed by atoms with Gasteiger partial charge >= 0.3 is 0 Å². The quantitative estimate of drug-likeness (QED) is 0.611. The Morgan fingerprint density at radius 2 is 2.21 bits per heavy atom. The minimum Gasteiger partial charge on any atom is -0.353 e. The molecule has 2 rings (SSSR count). The predicted molar refractivity (Wildman–Crippen MR) is 68.5 cm³/mol. The number of amides is 2. The Balaban J connectivity index is 1.61. The Hall–Kier alpha value is -1.92. The van der Waals surface area contributed by atoms with Gasteiger partial charge in [-0.05, 0) is 19.3 Å². The monoisotopic (exact) mass is 265 g/mol. The fourth-order valence-electron chi connectivity index (χ4n) is 1.61. The van der Waals surface area contributed by atoms with Gasteiger partial charge in [-0.15, -0.1) is 5.10 Å². The lowest BCUT2D eigenvalue weighted by Crippen LogP contribution is -2.29. The van der Waals surface area contributed by atoms with Crippen LogP contribution >= 0.6 is 0 Å². The summed E-state index contributed by atoms with van der Waals surface area (Å²) in [6, 6.07) is 0.391. The van der Waals surface area contributed by atoms with E-state index in [1.807, 2.05) is 6.92 Å². The second-order valence-electron chi connectivity index (χ2n) is 4.66. The maximum Gasteiger partial charge on any atom is 0.290 e. The van der Waals surface area contributed by atoms with Crippen molar-refractivity contribution in [3.8, 4) is 0 Å². The molecule has 0 aromatic carbocycles. The third-order valence-electron chi connectivity index (χ3n) is 2.88. The minimum absolute atomic E-state index is 0.0583. The number of nitrogens with zero attached hydrogens (tertiary/aromatic N) is 2. The van der Waals surface area contributed by atoms with Gasteiger partial charge in [0.15, 0.2) is 0 Å². The number of aryl methyl sites for hydroxylation is 1. The van der Waals surface area contributed by atoms with E-state index in [0.29, 0.717) is 37.7 Å². The van der Waals surface area contributed by atoms with Crippen molar-refractivity contribution >= 4 is 11.8 Å². The average Bonchev–Trinajstić information content (AvgIpc) is 3.08. The van der Waals surface area contributed by atoms with Gasteiger partial charge in [0.1, 0.15) is 5.82 Å². The molecule has 0 spiro atoms. The zero-order valence-electron chi connectivity index (χ0n) is 11.0. The molecule has 1 aliphatic carbocycles. The van der Waals surface area contributed by atoms with Gasteiger partial charge in [0, 0.05) is 25.4 Å². The zero-order chi connectivity index (χ0) is 13.7. The molecule has 0 bridgehead atoms. The number of carbonyl (C=O) groups excluding carboxylic acids is 2. The van der Waals surface area contributed by atoms with Crippen molar-refractivity contribution < 1.29 is 9.59 Å². The van der Waals surface area contributed by atoms with E-state index in [9.17, 15) is 9.59 Å². The molecule has 0 radical (unpaired) electrons. The second kappa shape index (κ2) is 6.31. The minimum atomic E-state index is -0.307. The first kappa shape index (κ1) is 13.5. The van der Waals surface area contributed by atoms with Crippen molar-refractivity contribution in [1.29, 1.82) is 0 Å². The van der Waals surface area contributed by atoms with Crippen LogP contribution in [0.5, 0.6) is 0 Å². The number of rotatable bonds is 7. The molecule has 1 aliphatic rings. The lowest BCUT2D eigenvalue weighted by Gasteiger charge is -2.03. The van der Waals surface area contributed by atoms with E-state index >= 15 is 0 Å². The van der Waals surface area contributed by atoms with Gasteiger partial charge in [0.25, 0.3) is 5.91 Å². The van der Waals surface area contributed by atoms with Crippen LogP contribution in [0.3, 0.4) is 0 Å². The number of nitrogens with one attached hydrogen (secondary N) is 3. The molecule has 3 N–H and O–H groups in total. The molecule has 1 saturated carbocycles. The van der Waals surface area contributed by atoms with E-state index < -0.39 is 0 Å². The highest BCUT2D eigenvalue weighted by Gasteiger charge is 2.22. The van der Waals surface area contributed by atoms with Crippen LogP contribution in [0.25, 0.3) is 0 Å². The molecule has 2 amide bonds. The number of hydrogen-bond donors (Lipinski definition) is 3. The Labute approximate surface area is 111 Å². The van der Waals surface area contributed by atoms with Crippen LogP contribution in [-0.2, 0) is 11.2 Å². The summed E-state index contributed by atoms with van der Waals surface area (Å²) < 4.78 is 0. The van der Waals surface area contributed by atoms with Crippen molar-refractivity contribution in [1.82, 2.24) is 25.8 Å². The van der Waals surface area contributed by atoms with E-state index in [2.05, 4.69) is 25.8 Å². The van der Waals surface area contributed by atoms with Crippen LogP contribution in [0.15, 0.2) is 0 Å². The Morgan fingerprint density at radius 3 is 2.84 bits per heavy atom. The number of carbonyl (C=O) groups is 2. The average molecular weight is 265 g/mol.